The maximum absolute atomic E-state index is 12.9. The number of aromatic amines is 1. The fraction of sp³-hybridized carbons (Fsp3) is 0.583. The van der Waals surface area contributed by atoms with Crippen molar-refractivity contribution in [2.24, 2.45) is 0 Å². The number of rotatable bonds is 9. The van der Waals surface area contributed by atoms with E-state index in [0.29, 0.717) is 18.2 Å². The summed E-state index contributed by atoms with van der Waals surface area (Å²) in [5, 5.41) is 5.15. The first-order valence-electron chi connectivity index (χ1n) is 11.4. The van der Waals surface area contributed by atoms with Gasteiger partial charge in [0.1, 0.15) is 0 Å². The number of fused-ring (bicyclic) bond motifs is 1. The molecule has 1 aromatic heterocycles. The highest BCUT2D eigenvalue weighted by molar-refractivity contribution is 7.80. The average molecular weight is 445 g/mol. The molecule has 0 aliphatic carbocycles. The molecule has 170 valence electrons. The minimum atomic E-state index is -0.0488. The number of ether oxygens (including phenoxy) is 1. The third kappa shape index (κ3) is 6.28. The Morgan fingerprint density at radius 1 is 1.23 bits per heavy atom. The number of thiocarbonyl (C=S) groups is 1. The number of benzene rings is 1. The van der Waals surface area contributed by atoms with E-state index in [1.807, 2.05) is 19.1 Å². The Balaban J connectivity index is 1.79. The van der Waals surface area contributed by atoms with Gasteiger partial charge >= 0.3 is 0 Å². The first-order valence-corrected chi connectivity index (χ1v) is 11.8. The number of pyridine rings is 1. The quantitative estimate of drug-likeness (QED) is 0.579. The summed E-state index contributed by atoms with van der Waals surface area (Å²) in [5.74, 6) is 0. The summed E-state index contributed by atoms with van der Waals surface area (Å²) in [6.45, 7) is 14.2. The van der Waals surface area contributed by atoms with Crippen LogP contribution in [0.3, 0.4) is 0 Å². The van der Waals surface area contributed by atoms with E-state index in [-0.39, 0.29) is 11.7 Å². The van der Waals surface area contributed by atoms with Crippen LogP contribution < -0.4 is 10.9 Å². The lowest BCUT2D eigenvalue weighted by Gasteiger charge is -2.29. The Bertz CT molecular complexity index is 948. The van der Waals surface area contributed by atoms with Gasteiger partial charge in [-0.25, -0.2) is 0 Å². The SMILES string of the molecule is CCN(CC)CCN(Cc1cc2c(C)cc(C)cc2[nH]c1=O)C(=S)NCC1CCCO1. The van der Waals surface area contributed by atoms with Crippen LogP contribution in [-0.2, 0) is 11.3 Å². The Kier molecular flexibility index (Phi) is 8.46. The van der Waals surface area contributed by atoms with Crippen LogP contribution in [0.25, 0.3) is 10.9 Å². The molecule has 6 nitrogen and oxygen atoms in total. The van der Waals surface area contributed by atoms with E-state index >= 15 is 0 Å². The molecule has 2 heterocycles. The number of hydrogen-bond donors (Lipinski definition) is 2. The summed E-state index contributed by atoms with van der Waals surface area (Å²) >= 11 is 5.74. The first-order chi connectivity index (χ1) is 14.9. The highest BCUT2D eigenvalue weighted by Gasteiger charge is 2.19. The van der Waals surface area contributed by atoms with Crippen LogP contribution in [0.2, 0.25) is 0 Å². The number of nitrogens with zero attached hydrogens (tertiary/aromatic N) is 2. The molecular weight excluding hydrogens is 408 g/mol. The average Bonchev–Trinajstić information content (AvgIpc) is 3.26. The van der Waals surface area contributed by atoms with Crippen LogP contribution in [0.4, 0.5) is 0 Å². The van der Waals surface area contributed by atoms with Gasteiger partial charge in [-0.2, -0.15) is 0 Å². The van der Waals surface area contributed by atoms with Crippen molar-refractivity contribution in [2.45, 2.75) is 53.2 Å². The van der Waals surface area contributed by atoms with Crippen LogP contribution in [0.15, 0.2) is 23.0 Å². The van der Waals surface area contributed by atoms with Gasteiger partial charge in [-0.3, -0.25) is 4.79 Å². The summed E-state index contributed by atoms with van der Waals surface area (Å²) in [4.78, 5) is 20.4. The molecule has 1 aromatic carbocycles. The van der Waals surface area contributed by atoms with Crippen molar-refractivity contribution >= 4 is 28.2 Å². The Hall–Kier alpha value is -1.96. The Labute approximate surface area is 191 Å². The van der Waals surface area contributed by atoms with Crippen molar-refractivity contribution in [1.82, 2.24) is 20.1 Å². The number of H-pyrrole nitrogens is 1. The van der Waals surface area contributed by atoms with E-state index in [1.54, 1.807) is 0 Å². The third-order valence-corrected chi connectivity index (χ3v) is 6.53. The standard InChI is InChI=1S/C24H36N4O2S/c1-5-27(6-2)9-10-28(24(31)25-15-20-8-7-11-30-20)16-19-14-21-18(4)12-17(3)13-22(21)26-23(19)29/h12-14,20H,5-11,15-16H2,1-4H3,(H,25,31)(H,26,29). The Morgan fingerprint density at radius 3 is 2.68 bits per heavy atom. The Morgan fingerprint density at radius 2 is 2.00 bits per heavy atom. The molecule has 7 heteroatoms. The van der Waals surface area contributed by atoms with E-state index < -0.39 is 0 Å². The minimum absolute atomic E-state index is 0.0488. The molecule has 0 spiro atoms. The van der Waals surface area contributed by atoms with Gasteiger partial charge in [0.2, 0.25) is 0 Å². The molecule has 0 saturated carbocycles. The van der Waals surface area contributed by atoms with Crippen molar-refractivity contribution < 1.29 is 4.74 Å². The van der Waals surface area contributed by atoms with Gasteiger partial charge in [0.15, 0.2) is 5.11 Å². The monoisotopic (exact) mass is 444 g/mol. The highest BCUT2D eigenvalue weighted by Crippen LogP contribution is 2.19. The van der Waals surface area contributed by atoms with Crippen LogP contribution in [0.1, 0.15) is 43.4 Å². The van der Waals surface area contributed by atoms with Gasteiger partial charge in [-0.1, -0.05) is 19.9 Å². The van der Waals surface area contributed by atoms with Crippen molar-refractivity contribution in [3.05, 3.63) is 45.2 Å². The van der Waals surface area contributed by atoms with Crippen molar-refractivity contribution in [3.63, 3.8) is 0 Å². The molecule has 2 aromatic rings. The van der Waals surface area contributed by atoms with Gasteiger partial charge in [0, 0.05) is 42.7 Å². The predicted molar refractivity (Wildman–Crippen MR) is 132 cm³/mol. The lowest BCUT2D eigenvalue weighted by Crippen LogP contribution is -2.46. The lowest BCUT2D eigenvalue weighted by molar-refractivity contribution is 0.113. The number of aryl methyl sites for hydroxylation is 2. The van der Waals surface area contributed by atoms with Crippen LogP contribution in [-0.4, -0.2) is 65.3 Å². The molecule has 31 heavy (non-hydrogen) atoms. The maximum atomic E-state index is 12.9. The van der Waals surface area contributed by atoms with Gasteiger partial charge in [0.25, 0.3) is 5.56 Å². The van der Waals surface area contributed by atoms with Crippen molar-refractivity contribution in [3.8, 4) is 0 Å². The zero-order valence-corrected chi connectivity index (χ0v) is 20.1. The second-order valence-electron chi connectivity index (χ2n) is 8.44. The number of aromatic nitrogens is 1. The number of hydrogen-bond acceptors (Lipinski definition) is 4. The van der Waals surface area contributed by atoms with E-state index in [9.17, 15) is 4.79 Å². The molecule has 0 radical (unpaired) electrons. The van der Waals surface area contributed by atoms with Gasteiger partial charge < -0.3 is 24.8 Å². The van der Waals surface area contributed by atoms with Crippen molar-refractivity contribution in [2.75, 3.05) is 39.3 Å². The topological polar surface area (TPSA) is 60.6 Å². The summed E-state index contributed by atoms with van der Waals surface area (Å²) in [7, 11) is 0. The molecule has 1 atom stereocenters. The van der Waals surface area contributed by atoms with Gasteiger partial charge in [-0.05, 0) is 75.3 Å². The van der Waals surface area contributed by atoms with Gasteiger partial charge in [-0.15, -0.1) is 0 Å². The van der Waals surface area contributed by atoms with Crippen LogP contribution in [0, 0.1) is 13.8 Å². The maximum Gasteiger partial charge on any atom is 0.253 e. The molecule has 2 N–H and O–H groups in total. The predicted octanol–water partition coefficient (Wildman–Crippen LogP) is 3.34. The van der Waals surface area contributed by atoms with Crippen molar-refractivity contribution in [1.29, 1.82) is 0 Å². The largest absolute Gasteiger partial charge is 0.376 e. The summed E-state index contributed by atoms with van der Waals surface area (Å²) in [6.07, 6.45) is 2.39. The van der Waals surface area contributed by atoms with Gasteiger partial charge in [0.05, 0.1) is 12.6 Å². The fourth-order valence-corrected chi connectivity index (χ4v) is 4.45. The van der Waals surface area contributed by atoms with E-state index in [4.69, 9.17) is 17.0 Å². The third-order valence-electron chi connectivity index (χ3n) is 6.12. The van der Waals surface area contributed by atoms with E-state index in [1.165, 1.54) is 5.56 Å². The molecule has 0 bridgehead atoms. The first kappa shape index (κ1) is 23.7. The lowest BCUT2D eigenvalue weighted by atomic mass is 10.0. The molecule has 0 amide bonds. The highest BCUT2D eigenvalue weighted by atomic mass is 32.1. The summed E-state index contributed by atoms with van der Waals surface area (Å²) in [6, 6.07) is 6.20. The number of nitrogens with one attached hydrogen (secondary N) is 2. The second kappa shape index (κ2) is 11.1. The minimum Gasteiger partial charge on any atom is -0.376 e. The summed E-state index contributed by atoms with van der Waals surface area (Å²) in [5.41, 5.74) is 3.89. The zero-order valence-electron chi connectivity index (χ0n) is 19.3. The smallest absolute Gasteiger partial charge is 0.253 e. The van der Waals surface area contributed by atoms with Crippen LogP contribution >= 0.6 is 12.2 Å². The molecule has 1 saturated heterocycles. The molecule has 3 rings (SSSR count). The fourth-order valence-electron chi connectivity index (χ4n) is 4.21. The molecular formula is C24H36N4O2S. The molecule has 1 aliphatic rings. The molecule has 1 aliphatic heterocycles. The second-order valence-corrected chi connectivity index (χ2v) is 8.82. The zero-order chi connectivity index (χ0) is 22.4. The number of likely N-dealkylation sites (N-methyl/N-ethyl adjacent to an activating group) is 1. The molecule has 1 unspecified atom stereocenters. The molecule has 1 fully saturated rings. The van der Waals surface area contributed by atoms with Crippen LogP contribution in [0.5, 0.6) is 0 Å². The summed E-state index contributed by atoms with van der Waals surface area (Å²) < 4.78 is 5.72. The normalized spacial score (nSPS) is 16.2. The van der Waals surface area contributed by atoms with E-state index in [0.717, 1.165) is 67.7 Å². The van der Waals surface area contributed by atoms with E-state index in [2.05, 4.69) is 46.9 Å².